The molecule has 0 saturated carbocycles. The lowest BCUT2D eigenvalue weighted by Gasteiger charge is -2.09. The lowest BCUT2D eigenvalue weighted by atomic mass is 10.1. The van der Waals surface area contributed by atoms with Gasteiger partial charge in [0, 0.05) is 41.7 Å². The molecule has 9 rings (SSSR count). The Labute approximate surface area is 433 Å². The quantitative estimate of drug-likeness (QED) is 0.0238. The second-order valence-electron chi connectivity index (χ2n) is 15.1. The summed E-state index contributed by atoms with van der Waals surface area (Å²) in [7, 11) is 0. The molecule has 3 aliphatic heterocycles. The number of phenols is 4. The summed E-state index contributed by atoms with van der Waals surface area (Å²) in [5.74, 6) is -1.32. The molecule has 19 heteroatoms. The number of para-hydroxylation sites is 3. The Morgan fingerprint density at radius 3 is 1.33 bits per heavy atom. The third kappa shape index (κ3) is 17.5. The van der Waals surface area contributed by atoms with E-state index in [1.807, 2.05) is 12.1 Å². The molecule has 0 fully saturated rings. The maximum Gasteiger partial charge on any atom is 0.310 e. The molecule has 0 spiro atoms. The molecule has 0 saturated heterocycles. The number of hydrogen-bond donors (Lipinski definition) is 4. The van der Waals surface area contributed by atoms with Gasteiger partial charge in [0.2, 0.25) is 17.3 Å². The highest BCUT2D eigenvalue weighted by Crippen LogP contribution is 2.35. The first-order chi connectivity index (χ1) is 34.2. The average molecular weight is 1020 g/mol. The summed E-state index contributed by atoms with van der Waals surface area (Å²) in [4.78, 5) is 88.1. The summed E-state index contributed by atoms with van der Waals surface area (Å²) < 4.78 is 30.1. The molecule has 0 unspecified atom stereocenters. The van der Waals surface area contributed by atoms with Gasteiger partial charge >= 0.3 is 23.9 Å². The van der Waals surface area contributed by atoms with E-state index in [4.69, 9.17) is 33.9 Å². The molecular formula is C56H52BO18. The van der Waals surface area contributed by atoms with Gasteiger partial charge in [0.05, 0.1) is 16.7 Å². The molecule has 18 nitrogen and oxygen atoms in total. The van der Waals surface area contributed by atoms with E-state index in [1.165, 1.54) is 89.2 Å². The Bertz CT molecular complexity index is 3160. The number of ether oxygens (including phenoxy) is 6. The molecule has 0 atom stereocenters. The summed E-state index contributed by atoms with van der Waals surface area (Å²) in [5.41, 5.74) is 3.25. The number of Topliss-reactive ketones (excluding diaryl/α,β-unsaturated/α-hetero) is 4. The molecule has 6 aromatic rings. The molecule has 3 heterocycles. The zero-order chi connectivity index (χ0) is 52.6. The fraction of sp³-hybridized carbons (Fsp3) is 0.143. The second kappa shape index (κ2) is 28.3. The van der Waals surface area contributed by atoms with Crippen LogP contribution in [0.4, 0.5) is 0 Å². The monoisotopic (exact) mass is 1020 g/mol. The smallest absolute Gasteiger partial charge is 0.310 e. The van der Waals surface area contributed by atoms with Crippen molar-refractivity contribution in [1.29, 1.82) is 0 Å². The van der Waals surface area contributed by atoms with E-state index in [2.05, 4.69) is 4.74 Å². The molecule has 75 heavy (non-hydrogen) atoms. The number of rotatable bonds is 5. The van der Waals surface area contributed by atoms with Crippen LogP contribution in [0.2, 0.25) is 0 Å². The van der Waals surface area contributed by atoms with E-state index in [0.29, 0.717) is 50.6 Å². The lowest BCUT2D eigenvalue weighted by molar-refractivity contribution is -0.156. The molecule has 4 N–H and O–H groups in total. The first kappa shape index (κ1) is 61.3. The summed E-state index contributed by atoms with van der Waals surface area (Å²) in [6.45, 7) is 6.45. The summed E-state index contributed by atoms with van der Waals surface area (Å²) in [6, 6.07) is 34.1. The van der Waals surface area contributed by atoms with Crippen LogP contribution in [0.25, 0.3) is 12.2 Å². The molecule has 0 aliphatic carbocycles. The van der Waals surface area contributed by atoms with Crippen molar-refractivity contribution in [3.63, 3.8) is 0 Å². The highest BCUT2D eigenvalue weighted by molar-refractivity contribution is 6.15. The fourth-order valence-electron chi connectivity index (χ4n) is 6.28. The number of carbonyl (C=O) groups is 8. The predicted molar refractivity (Wildman–Crippen MR) is 275 cm³/mol. The van der Waals surface area contributed by atoms with Gasteiger partial charge in [-0.25, -0.2) is 0 Å². The Morgan fingerprint density at radius 1 is 0.480 bits per heavy atom. The topological polar surface area (TPSA) is 273 Å². The van der Waals surface area contributed by atoms with Gasteiger partial charge in [-0.2, -0.15) is 0 Å². The van der Waals surface area contributed by atoms with Crippen molar-refractivity contribution in [2.45, 2.75) is 49.5 Å². The number of aromatic hydroxyl groups is 4. The Morgan fingerprint density at radius 2 is 0.907 bits per heavy atom. The molecule has 6 aromatic carbocycles. The number of benzene rings is 6. The van der Waals surface area contributed by atoms with Crippen LogP contribution in [0, 0.1) is 0 Å². The number of allylic oxidation sites excluding steroid dienone is 2. The molecule has 0 amide bonds. The Kier molecular flexibility index (Phi) is 23.2. The lowest BCUT2D eigenvalue weighted by Crippen LogP contribution is -2.07. The van der Waals surface area contributed by atoms with Crippen molar-refractivity contribution < 1.29 is 87.2 Å². The van der Waals surface area contributed by atoms with Gasteiger partial charge < -0.3 is 48.8 Å². The van der Waals surface area contributed by atoms with Gasteiger partial charge in [-0.1, -0.05) is 63.4 Å². The van der Waals surface area contributed by atoms with Crippen LogP contribution in [0.3, 0.4) is 0 Å². The van der Waals surface area contributed by atoms with E-state index in [0.717, 1.165) is 0 Å². The van der Waals surface area contributed by atoms with Crippen LogP contribution in [0.15, 0.2) is 139 Å². The maximum atomic E-state index is 12.3. The first-order valence-electron chi connectivity index (χ1n) is 21.3. The number of phenolic OH excluding ortho intramolecular Hbond substituents is 4. The van der Waals surface area contributed by atoms with Crippen molar-refractivity contribution >= 4 is 67.6 Å². The fourth-order valence-corrected chi connectivity index (χ4v) is 6.28. The van der Waals surface area contributed by atoms with Gasteiger partial charge in [0.15, 0.2) is 58.4 Å². The van der Waals surface area contributed by atoms with Gasteiger partial charge in [-0.3, -0.25) is 38.4 Å². The van der Waals surface area contributed by atoms with Crippen molar-refractivity contribution in [1.82, 2.24) is 0 Å². The van der Waals surface area contributed by atoms with E-state index >= 15 is 0 Å². The van der Waals surface area contributed by atoms with Crippen LogP contribution in [0.1, 0.15) is 102 Å². The van der Waals surface area contributed by atoms with Crippen molar-refractivity contribution in [3.05, 3.63) is 172 Å². The van der Waals surface area contributed by atoms with Crippen molar-refractivity contribution in [3.8, 4) is 51.7 Å². The van der Waals surface area contributed by atoms with Crippen LogP contribution in [-0.4, -0.2) is 82.5 Å². The summed E-state index contributed by atoms with van der Waals surface area (Å²) in [6.07, 6.45) is 3.06. The molecule has 0 aromatic heterocycles. The minimum atomic E-state index is -0.562. The average Bonchev–Trinajstić information content (AvgIpc) is 3.97. The Balaban J connectivity index is 0.000000341. The van der Waals surface area contributed by atoms with E-state index in [-0.39, 0.29) is 99.0 Å². The number of carbonyl (C=O) groups excluding carboxylic acids is 8. The number of esters is 4. The predicted octanol–water partition coefficient (Wildman–Crippen LogP) is 9.42. The first-order valence-corrected chi connectivity index (χ1v) is 21.3. The van der Waals surface area contributed by atoms with E-state index in [1.54, 1.807) is 72.8 Å². The normalized spacial score (nSPS) is 12.6. The Hall–Kier alpha value is -9.78. The van der Waals surface area contributed by atoms with Gasteiger partial charge in [-0.05, 0) is 109 Å². The summed E-state index contributed by atoms with van der Waals surface area (Å²) in [5, 5.41) is 36.4. The standard InChI is InChI=1S/C19H14O6.C15H10O4.C8H8O3.C8H6O2.C4H6O3.2CH4.B/c1-11(20)23-16-8-7-13(9-17(16)24-12(2)21)10-18-19(22)14-5-3-4-6-15(14)25-18;16-11-6-5-9(7-12(11)17)8-14-15(18)10-3-1-2-4-13(10)19-14;1-5(9)6-2-3-7(10)8(11)4-6;9-7-5-10-8-4-2-1-3-6(7)8;1-3(5)7-4(2)6;;;/h3-10H,1-2H3;1-8,16-17H;2-4,10-11H,1H3;1-4H,5H2;1-2H3;2*1H4;/b18-10-;14-8-;;;;;;. The van der Waals surface area contributed by atoms with Gasteiger partial charge in [-0.15, -0.1) is 0 Å². The molecule has 387 valence electrons. The van der Waals surface area contributed by atoms with Crippen LogP contribution in [0.5, 0.6) is 51.7 Å². The number of ketones is 4. The van der Waals surface area contributed by atoms with Crippen LogP contribution in [-0.2, 0) is 23.9 Å². The molecule has 3 radical (unpaired) electrons. The molecular weight excluding hydrogens is 971 g/mol. The van der Waals surface area contributed by atoms with Crippen LogP contribution >= 0.6 is 0 Å². The van der Waals surface area contributed by atoms with Gasteiger partial charge in [0.25, 0.3) is 0 Å². The third-order valence-electron chi connectivity index (χ3n) is 9.44. The van der Waals surface area contributed by atoms with Crippen LogP contribution < -0.4 is 23.7 Å². The zero-order valence-electron chi connectivity index (χ0n) is 39.6. The van der Waals surface area contributed by atoms with E-state index < -0.39 is 23.9 Å². The molecule has 0 bridgehead atoms. The number of hydrogen-bond acceptors (Lipinski definition) is 18. The van der Waals surface area contributed by atoms with Gasteiger partial charge in [0.1, 0.15) is 17.2 Å². The maximum absolute atomic E-state index is 12.3. The van der Waals surface area contributed by atoms with E-state index in [9.17, 15) is 48.6 Å². The minimum absolute atomic E-state index is 0. The highest BCUT2D eigenvalue weighted by Gasteiger charge is 2.28. The second-order valence-corrected chi connectivity index (χ2v) is 15.1. The zero-order valence-corrected chi connectivity index (χ0v) is 39.6. The largest absolute Gasteiger partial charge is 0.504 e. The number of fused-ring (bicyclic) bond motifs is 3. The third-order valence-corrected chi connectivity index (χ3v) is 9.44. The molecule has 3 aliphatic rings. The minimum Gasteiger partial charge on any atom is -0.504 e. The summed E-state index contributed by atoms with van der Waals surface area (Å²) >= 11 is 0. The van der Waals surface area contributed by atoms with Crippen molar-refractivity contribution in [2.75, 3.05) is 6.61 Å². The highest BCUT2D eigenvalue weighted by atomic mass is 16.6. The van der Waals surface area contributed by atoms with Crippen molar-refractivity contribution in [2.24, 2.45) is 0 Å². The SMILES string of the molecule is C.C.CC(=O)OC(C)=O.CC(=O)Oc1ccc(/C=C2\Oc3ccccc3C2=O)cc1OC(C)=O.CC(=O)c1ccc(O)c(O)c1.O=C1/C(=C/c2ccc(O)c(O)c2)Oc2ccccc21.O=C1COc2ccccc21.[B].